The number of nitriles is 1. The van der Waals surface area contributed by atoms with E-state index in [4.69, 9.17) is 11.0 Å². The average molecular weight is 130 g/mol. The molecule has 0 aliphatic carbocycles. The summed E-state index contributed by atoms with van der Waals surface area (Å²) in [5.41, 5.74) is 4.77. The molecular weight excluding hydrogens is 124 g/mol. The number of hydrogen-bond acceptors (Lipinski definition) is 3. The molecule has 0 bridgehead atoms. The fraction of sp³-hybridized carbons (Fsp3) is 0.500. The highest BCUT2D eigenvalue weighted by atomic mass is 32.2. The molecule has 0 aromatic heterocycles. The van der Waals surface area contributed by atoms with Gasteiger partial charge in [-0.25, -0.2) is 0 Å². The lowest BCUT2D eigenvalue weighted by Crippen LogP contribution is -2.10. The van der Waals surface area contributed by atoms with Gasteiger partial charge in [0.15, 0.2) is 0 Å². The zero-order valence-electron chi connectivity index (χ0n) is 4.26. The van der Waals surface area contributed by atoms with Gasteiger partial charge in [-0.15, -0.1) is 0 Å². The number of nitrogens with zero attached hydrogens (tertiary/aromatic N) is 1. The third-order valence-corrected chi connectivity index (χ3v) is 1.05. The van der Waals surface area contributed by atoms with E-state index in [1.165, 1.54) is 0 Å². The minimum atomic E-state index is -0.354. The highest BCUT2D eigenvalue weighted by molar-refractivity contribution is 8.03. The van der Waals surface area contributed by atoms with Crippen molar-refractivity contribution in [3.8, 4) is 5.40 Å². The molecule has 0 saturated heterocycles. The van der Waals surface area contributed by atoms with Crippen LogP contribution >= 0.6 is 11.8 Å². The fourth-order valence-electron chi connectivity index (χ4n) is 0.197. The van der Waals surface area contributed by atoms with E-state index in [1.54, 1.807) is 0 Å². The van der Waals surface area contributed by atoms with E-state index in [9.17, 15) is 4.79 Å². The van der Waals surface area contributed by atoms with Gasteiger partial charge in [0.1, 0.15) is 5.40 Å². The molecule has 0 radical (unpaired) electrons. The van der Waals surface area contributed by atoms with Crippen LogP contribution in [0, 0.1) is 10.7 Å². The molecular formula is C4H6N2OS. The molecule has 0 saturated carbocycles. The third-order valence-electron chi connectivity index (χ3n) is 0.515. The van der Waals surface area contributed by atoms with Crippen LogP contribution < -0.4 is 5.73 Å². The molecule has 0 atom stereocenters. The van der Waals surface area contributed by atoms with Crippen LogP contribution in [0.15, 0.2) is 0 Å². The Labute approximate surface area is 51.9 Å². The number of thiocyanates is 1. The van der Waals surface area contributed by atoms with Gasteiger partial charge in [0, 0.05) is 12.2 Å². The second-order valence-corrected chi connectivity index (χ2v) is 2.04. The summed E-state index contributed by atoms with van der Waals surface area (Å²) in [4.78, 5) is 9.97. The van der Waals surface area contributed by atoms with Crippen LogP contribution in [0.1, 0.15) is 6.42 Å². The summed E-state index contributed by atoms with van der Waals surface area (Å²) in [5.74, 6) is 0.152. The number of rotatable bonds is 3. The summed E-state index contributed by atoms with van der Waals surface area (Å²) in [7, 11) is 0. The molecule has 1 amide bonds. The SMILES string of the molecule is N#CSCCC(N)=O. The lowest BCUT2D eigenvalue weighted by molar-refractivity contribution is -0.117. The fourth-order valence-corrected chi connectivity index (χ4v) is 0.592. The van der Waals surface area contributed by atoms with E-state index >= 15 is 0 Å². The van der Waals surface area contributed by atoms with Crippen molar-refractivity contribution < 1.29 is 4.79 Å². The molecule has 3 nitrogen and oxygen atoms in total. The van der Waals surface area contributed by atoms with Crippen molar-refractivity contribution in [2.75, 3.05) is 5.75 Å². The first-order valence-electron chi connectivity index (χ1n) is 2.06. The first kappa shape index (κ1) is 7.31. The van der Waals surface area contributed by atoms with Crippen molar-refractivity contribution in [1.29, 1.82) is 5.26 Å². The molecule has 0 aliphatic rings. The Bertz CT molecular complexity index is 118. The zero-order chi connectivity index (χ0) is 6.41. The highest BCUT2D eigenvalue weighted by Gasteiger charge is 1.91. The molecule has 0 aromatic rings. The number of nitrogens with two attached hydrogens (primary N) is 1. The van der Waals surface area contributed by atoms with E-state index in [0.717, 1.165) is 11.8 Å². The van der Waals surface area contributed by atoms with E-state index in [0.29, 0.717) is 5.75 Å². The number of thioether (sulfide) groups is 1. The Hall–Kier alpha value is -0.690. The monoisotopic (exact) mass is 130 g/mol. The number of carbonyl (C=O) groups is 1. The van der Waals surface area contributed by atoms with Crippen molar-refractivity contribution in [1.82, 2.24) is 0 Å². The van der Waals surface area contributed by atoms with Gasteiger partial charge in [0.2, 0.25) is 5.91 Å². The van der Waals surface area contributed by atoms with Gasteiger partial charge in [0.25, 0.3) is 0 Å². The lowest BCUT2D eigenvalue weighted by atomic mass is 10.5. The maximum atomic E-state index is 9.97. The molecule has 0 spiro atoms. The maximum Gasteiger partial charge on any atom is 0.218 e. The summed E-state index contributed by atoms with van der Waals surface area (Å²) in [6.45, 7) is 0. The Morgan fingerprint density at radius 3 is 2.88 bits per heavy atom. The van der Waals surface area contributed by atoms with E-state index in [1.807, 2.05) is 5.40 Å². The molecule has 0 heterocycles. The van der Waals surface area contributed by atoms with Crippen molar-refractivity contribution >= 4 is 17.7 Å². The number of carbonyl (C=O) groups excluding carboxylic acids is 1. The van der Waals surface area contributed by atoms with Gasteiger partial charge in [-0.2, -0.15) is 5.26 Å². The van der Waals surface area contributed by atoms with Gasteiger partial charge < -0.3 is 5.73 Å². The molecule has 0 unspecified atom stereocenters. The topological polar surface area (TPSA) is 66.9 Å². The van der Waals surface area contributed by atoms with Crippen LogP contribution in [0.3, 0.4) is 0 Å². The summed E-state index contributed by atoms with van der Waals surface area (Å²) in [5, 5.41) is 9.77. The normalized spacial score (nSPS) is 7.88. The Morgan fingerprint density at radius 1 is 1.88 bits per heavy atom. The predicted molar refractivity (Wildman–Crippen MR) is 31.9 cm³/mol. The largest absolute Gasteiger partial charge is 0.370 e. The maximum absolute atomic E-state index is 9.97. The van der Waals surface area contributed by atoms with E-state index in [2.05, 4.69) is 0 Å². The van der Waals surface area contributed by atoms with E-state index < -0.39 is 0 Å². The van der Waals surface area contributed by atoms with Crippen LogP contribution in [0.2, 0.25) is 0 Å². The second-order valence-electron chi connectivity index (χ2n) is 1.16. The summed E-state index contributed by atoms with van der Waals surface area (Å²) < 4.78 is 0. The lowest BCUT2D eigenvalue weighted by Gasteiger charge is -1.85. The van der Waals surface area contributed by atoms with E-state index in [-0.39, 0.29) is 12.3 Å². The second kappa shape index (κ2) is 4.47. The molecule has 0 fully saturated rings. The van der Waals surface area contributed by atoms with Crippen LogP contribution in [0.5, 0.6) is 0 Å². The molecule has 4 heteroatoms. The zero-order valence-corrected chi connectivity index (χ0v) is 5.07. The first-order chi connectivity index (χ1) is 3.77. The Kier molecular flexibility index (Phi) is 4.08. The molecule has 44 valence electrons. The quantitative estimate of drug-likeness (QED) is 0.434. The van der Waals surface area contributed by atoms with Gasteiger partial charge in [-0.05, 0) is 11.8 Å². The minimum absolute atomic E-state index is 0.290. The summed E-state index contributed by atoms with van der Waals surface area (Å²) in [6.07, 6.45) is 0.290. The van der Waals surface area contributed by atoms with Crippen molar-refractivity contribution in [3.63, 3.8) is 0 Å². The van der Waals surface area contributed by atoms with Gasteiger partial charge in [-0.1, -0.05) is 0 Å². The van der Waals surface area contributed by atoms with Gasteiger partial charge in [-0.3, -0.25) is 4.79 Å². The van der Waals surface area contributed by atoms with Crippen LogP contribution in [0.25, 0.3) is 0 Å². The standard InChI is InChI=1S/C4H6N2OS/c5-3-8-2-1-4(6)7/h1-2H2,(H2,6,7). The molecule has 0 aromatic carbocycles. The third kappa shape index (κ3) is 5.31. The minimum Gasteiger partial charge on any atom is -0.370 e. The van der Waals surface area contributed by atoms with Gasteiger partial charge >= 0.3 is 0 Å². The molecule has 2 N–H and O–H groups in total. The highest BCUT2D eigenvalue weighted by Crippen LogP contribution is 1.96. The summed E-state index contributed by atoms with van der Waals surface area (Å²) >= 11 is 1.04. The smallest absolute Gasteiger partial charge is 0.218 e. The van der Waals surface area contributed by atoms with Crippen LogP contribution in [-0.4, -0.2) is 11.7 Å². The van der Waals surface area contributed by atoms with Crippen LogP contribution in [0.4, 0.5) is 0 Å². The van der Waals surface area contributed by atoms with Crippen molar-refractivity contribution in [2.24, 2.45) is 5.73 Å². The van der Waals surface area contributed by atoms with Crippen molar-refractivity contribution in [3.05, 3.63) is 0 Å². The Balaban J connectivity index is 2.97. The first-order valence-corrected chi connectivity index (χ1v) is 3.05. The Morgan fingerprint density at radius 2 is 2.50 bits per heavy atom. The van der Waals surface area contributed by atoms with Gasteiger partial charge in [0.05, 0.1) is 0 Å². The molecule has 0 aliphatic heterocycles. The number of primary amides is 1. The average Bonchev–Trinajstić information content (AvgIpc) is 1.66. The van der Waals surface area contributed by atoms with Crippen LogP contribution in [-0.2, 0) is 4.79 Å². The molecule has 8 heavy (non-hydrogen) atoms. The number of hydrogen-bond donors (Lipinski definition) is 1. The number of amides is 1. The molecule has 0 rings (SSSR count). The summed E-state index contributed by atoms with van der Waals surface area (Å²) in [6, 6.07) is 0. The predicted octanol–water partition coefficient (Wildman–Crippen LogP) is 0.0761. The van der Waals surface area contributed by atoms with Crippen molar-refractivity contribution in [2.45, 2.75) is 6.42 Å².